The standard InChI is InChI=1S/C21H22F2N4O/c1-15-12-25-20(27(15)14-17-4-8-19(23)9-5-17)10-11-24-21(28)26-13-16-2-6-18(22)7-3-16/h2-9,12H,10-11,13-14H2,1H3,(H2,24,26,28). The molecule has 2 aromatic carbocycles. The fourth-order valence-corrected chi connectivity index (χ4v) is 2.83. The van der Waals surface area contributed by atoms with E-state index in [1.165, 1.54) is 24.3 Å². The SMILES string of the molecule is Cc1cnc(CCNC(=O)NCc2ccc(F)cc2)n1Cc1ccc(F)cc1. The second-order valence-corrected chi connectivity index (χ2v) is 6.51. The highest BCUT2D eigenvalue weighted by Gasteiger charge is 2.09. The first-order valence-electron chi connectivity index (χ1n) is 9.03. The van der Waals surface area contributed by atoms with Crippen LogP contribution in [0.1, 0.15) is 22.6 Å². The molecule has 3 rings (SSSR count). The Kier molecular flexibility index (Phi) is 6.37. The first-order valence-corrected chi connectivity index (χ1v) is 9.03. The van der Waals surface area contributed by atoms with Gasteiger partial charge in [-0.3, -0.25) is 0 Å². The summed E-state index contributed by atoms with van der Waals surface area (Å²) in [7, 11) is 0. The summed E-state index contributed by atoms with van der Waals surface area (Å²) in [6.07, 6.45) is 2.35. The zero-order valence-corrected chi connectivity index (χ0v) is 15.6. The van der Waals surface area contributed by atoms with Gasteiger partial charge < -0.3 is 15.2 Å². The molecule has 0 saturated heterocycles. The number of nitrogens with zero attached hydrogens (tertiary/aromatic N) is 2. The van der Waals surface area contributed by atoms with Gasteiger partial charge in [-0.1, -0.05) is 24.3 Å². The summed E-state index contributed by atoms with van der Waals surface area (Å²) in [4.78, 5) is 16.3. The molecule has 1 heterocycles. The number of aromatic nitrogens is 2. The molecule has 1 aromatic heterocycles. The maximum atomic E-state index is 13.1. The van der Waals surface area contributed by atoms with Gasteiger partial charge in [-0.15, -0.1) is 0 Å². The van der Waals surface area contributed by atoms with E-state index < -0.39 is 0 Å². The third-order valence-corrected chi connectivity index (χ3v) is 4.39. The fourth-order valence-electron chi connectivity index (χ4n) is 2.83. The molecule has 0 spiro atoms. The van der Waals surface area contributed by atoms with Crippen LogP contribution in [0.15, 0.2) is 54.7 Å². The molecule has 3 aromatic rings. The molecule has 0 radical (unpaired) electrons. The van der Waals surface area contributed by atoms with Crippen LogP contribution in [0.4, 0.5) is 13.6 Å². The van der Waals surface area contributed by atoms with E-state index >= 15 is 0 Å². The fraction of sp³-hybridized carbons (Fsp3) is 0.238. The normalized spacial score (nSPS) is 10.7. The number of carbonyl (C=O) groups excluding carboxylic acids is 1. The van der Waals surface area contributed by atoms with Crippen LogP contribution in [0.5, 0.6) is 0 Å². The lowest BCUT2D eigenvalue weighted by Gasteiger charge is -2.11. The van der Waals surface area contributed by atoms with E-state index in [0.717, 1.165) is 22.6 Å². The second kappa shape index (κ2) is 9.12. The van der Waals surface area contributed by atoms with Gasteiger partial charge in [-0.05, 0) is 42.3 Å². The summed E-state index contributed by atoms with van der Waals surface area (Å²) < 4.78 is 28.0. The maximum absolute atomic E-state index is 13.1. The molecule has 0 aliphatic rings. The van der Waals surface area contributed by atoms with E-state index in [4.69, 9.17) is 0 Å². The van der Waals surface area contributed by atoms with Crippen molar-refractivity contribution in [2.45, 2.75) is 26.4 Å². The Morgan fingerprint density at radius 2 is 1.57 bits per heavy atom. The van der Waals surface area contributed by atoms with Gasteiger partial charge in [0, 0.05) is 37.9 Å². The Morgan fingerprint density at radius 1 is 0.964 bits per heavy atom. The van der Waals surface area contributed by atoms with Crippen molar-refractivity contribution in [3.8, 4) is 0 Å². The topological polar surface area (TPSA) is 59.0 Å². The van der Waals surface area contributed by atoms with Crippen LogP contribution in [0.3, 0.4) is 0 Å². The average molecular weight is 384 g/mol. The van der Waals surface area contributed by atoms with Crippen LogP contribution < -0.4 is 10.6 Å². The van der Waals surface area contributed by atoms with E-state index in [0.29, 0.717) is 26.1 Å². The lowest BCUT2D eigenvalue weighted by atomic mass is 10.2. The predicted octanol–water partition coefficient (Wildman–Crippen LogP) is 3.56. The lowest BCUT2D eigenvalue weighted by molar-refractivity contribution is 0.240. The molecule has 0 aliphatic carbocycles. The summed E-state index contributed by atoms with van der Waals surface area (Å²) in [6.45, 7) is 3.31. The van der Waals surface area contributed by atoms with Crippen molar-refractivity contribution in [1.29, 1.82) is 0 Å². The van der Waals surface area contributed by atoms with Crippen LogP contribution in [0, 0.1) is 18.6 Å². The minimum absolute atomic E-state index is 0.262. The highest BCUT2D eigenvalue weighted by atomic mass is 19.1. The molecular weight excluding hydrogens is 362 g/mol. The first kappa shape index (κ1) is 19.5. The second-order valence-electron chi connectivity index (χ2n) is 6.51. The van der Waals surface area contributed by atoms with Gasteiger partial charge in [0.25, 0.3) is 0 Å². The minimum atomic E-state index is -0.306. The molecule has 28 heavy (non-hydrogen) atoms. The van der Waals surface area contributed by atoms with Gasteiger partial charge in [-0.2, -0.15) is 0 Å². The molecular formula is C21H22F2N4O. The van der Waals surface area contributed by atoms with E-state index in [9.17, 15) is 13.6 Å². The number of aryl methyl sites for hydroxylation is 1. The molecule has 0 atom stereocenters. The molecule has 2 N–H and O–H groups in total. The summed E-state index contributed by atoms with van der Waals surface area (Å²) in [5.41, 5.74) is 2.80. The lowest BCUT2D eigenvalue weighted by Crippen LogP contribution is -2.36. The Hall–Kier alpha value is -3.22. The van der Waals surface area contributed by atoms with Gasteiger partial charge in [0.2, 0.25) is 0 Å². The average Bonchev–Trinajstić information content (AvgIpc) is 3.03. The number of rotatable bonds is 7. The molecule has 0 unspecified atom stereocenters. The van der Waals surface area contributed by atoms with E-state index in [-0.39, 0.29) is 17.7 Å². The monoisotopic (exact) mass is 384 g/mol. The third-order valence-electron chi connectivity index (χ3n) is 4.39. The summed E-state index contributed by atoms with van der Waals surface area (Å²) in [5.74, 6) is 0.280. The quantitative estimate of drug-likeness (QED) is 0.654. The number of hydrogen-bond donors (Lipinski definition) is 2. The molecule has 0 saturated carbocycles. The van der Waals surface area contributed by atoms with Crippen molar-refractivity contribution in [1.82, 2.24) is 20.2 Å². The number of urea groups is 1. The maximum Gasteiger partial charge on any atom is 0.315 e. The number of halogens is 2. The van der Waals surface area contributed by atoms with Crippen molar-refractivity contribution in [2.75, 3.05) is 6.54 Å². The van der Waals surface area contributed by atoms with Gasteiger partial charge in [0.1, 0.15) is 17.5 Å². The molecule has 0 bridgehead atoms. The number of carbonyl (C=O) groups is 1. The van der Waals surface area contributed by atoms with Crippen LogP contribution >= 0.6 is 0 Å². The van der Waals surface area contributed by atoms with E-state index in [2.05, 4.69) is 15.6 Å². The highest BCUT2D eigenvalue weighted by Crippen LogP contribution is 2.11. The van der Waals surface area contributed by atoms with Crippen molar-refractivity contribution in [3.63, 3.8) is 0 Å². The van der Waals surface area contributed by atoms with Crippen molar-refractivity contribution in [2.24, 2.45) is 0 Å². The minimum Gasteiger partial charge on any atom is -0.338 e. The van der Waals surface area contributed by atoms with Gasteiger partial charge in [-0.25, -0.2) is 18.6 Å². The number of nitrogens with one attached hydrogen (secondary N) is 2. The Bertz CT molecular complexity index is 921. The van der Waals surface area contributed by atoms with Crippen molar-refractivity contribution in [3.05, 3.63) is 89.0 Å². The number of imidazole rings is 1. The molecule has 5 nitrogen and oxygen atoms in total. The van der Waals surface area contributed by atoms with Crippen LogP contribution in [-0.4, -0.2) is 22.1 Å². The Labute approximate surface area is 162 Å². The smallest absolute Gasteiger partial charge is 0.315 e. The highest BCUT2D eigenvalue weighted by molar-refractivity contribution is 5.73. The zero-order chi connectivity index (χ0) is 19.9. The largest absolute Gasteiger partial charge is 0.338 e. The molecule has 0 fully saturated rings. The molecule has 7 heteroatoms. The van der Waals surface area contributed by atoms with E-state index in [1.54, 1.807) is 30.5 Å². The number of amides is 2. The van der Waals surface area contributed by atoms with Crippen molar-refractivity contribution < 1.29 is 13.6 Å². The van der Waals surface area contributed by atoms with Crippen LogP contribution in [0.2, 0.25) is 0 Å². The van der Waals surface area contributed by atoms with Crippen molar-refractivity contribution >= 4 is 6.03 Å². The summed E-state index contributed by atoms with van der Waals surface area (Å²) in [6, 6.07) is 12.1. The van der Waals surface area contributed by atoms with Crippen LogP contribution in [0.25, 0.3) is 0 Å². The molecule has 146 valence electrons. The van der Waals surface area contributed by atoms with Gasteiger partial charge in [0.15, 0.2) is 0 Å². The number of hydrogen-bond acceptors (Lipinski definition) is 2. The predicted molar refractivity (Wildman–Crippen MR) is 103 cm³/mol. The summed E-state index contributed by atoms with van der Waals surface area (Å²) in [5, 5.41) is 5.53. The zero-order valence-electron chi connectivity index (χ0n) is 15.6. The first-order chi connectivity index (χ1) is 13.5. The van der Waals surface area contributed by atoms with Gasteiger partial charge >= 0.3 is 6.03 Å². The molecule has 0 aliphatic heterocycles. The van der Waals surface area contributed by atoms with Crippen LogP contribution in [-0.2, 0) is 19.5 Å². The Balaban J connectivity index is 1.48. The number of benzene rings is 2. The van der Waals surface area contributed by atoms with Gasteiger partial charge in [0.05, 0.1) is 0 Å². The molecule has 2 amide bonds. The summed E-state index contributed by atoms with van der Waals surface area (Å²) >= 11 is 0. The third kappa shape index (κ3) is 5.39. The van der Waals surface area contributed by atoms with E-state index in [1.807, 2.05) is 11.5 Å². The Morgan fingerprint density at radius 3 is 2.21 bits per heavy atom.